The van der Waals surface area contributed by atoms with Crippen LogP contribution in [-0.4, -0.2) is 23.9 Å². The summed E-state index contributed by atoms with van der Waals surface area (Å²) in [6.07, 6.45) is 11.3. The molecule has 0 aliphatic carbocycles. The van der Waals surface area contributed by atoms with Crippen molar-refractivity contribution < 1.29 is 9.84 Å². The fourth-order valence-corrected chi connectivity index (χ4v) is 3.00. The smallest absolute Gasteiger partial charge is 0.119 e. The largest absolute Gasteiger partial charge is 0.494 e. The van der Waals surface area contributed by atoms with Gasteiger partial charge in [-0.25, -0.2) is 0 Å². The Morgan fingerprint density at radius 2 is 1.58 bits per heavy atom. The predicted octanol–water partition coefficient (Wildman–Crippen LogP) is 4.85. The van der Waals surface area contributed by atoms with Gasteiger partial charge in [-0.15, -0.1) is 0 Å². The molecule has 1 rings (SSSR count). The highest BCUT2D eigenvalue weighted by Crippen LogP contribution is 2.19. The van der Waals surface area contributed by atoms with Gasteiger partial charge < -0.3 is 15.6 Å². The van der Waals surface area contributed by atoms with Gasteiger partial charge in [-0.1, -0.05) is 64.5 Å². The number of benzene rings is 1. The van der Waals surface area contributed by atoms with Gasteiger partial charge in [0.1, 0.15) is 5.75 Å². The molecule has 3 N–H and O–H groups in total. The lowest BCUT2D eigenvalue weighted by molar-refractivity contribution is 0.177. The van der Waals surface area contributed by atoms with Crippen LogP contribution >= 0.6 is 0 Å². The van der Waals surface area contributed by atoms with E-state index in [2.05, 4.69) is 26.0 Å². The number of hydrogen-bond acceptors (Lipinski definition) is 3. The molecule has 0 fully saturated rings. The van der Waals surface area contributed by atoms with Gasteiger partial charge in [-0.2, -0.15) is 0 Å². The number of aliphatic hydroxyl groups is 1. The van der Waals surface area contributed by atoms with Gasteiger partial charge in [0.15, 0.2) is 0 Å². The van der Waals surface area contributed by atoms with Crippen LogP contribution in [0.25, 0.3) is 0 Å². The standard InChI is InChI=1S/C21H37NO2/c1-3-5-6-7-8-9-17-24-20-12-10-19(11-13-20)14-16-21(22,18-23)15-4-2/h10-13,23H,3-9,14-18,22H2,1-2H3. The minimum Gasteiger partial charge on any atom is -0.494 e. The summed E-state index contributed by atoms with van der Waals surface area (Å²) in [7, 11) is 0. The zero-order chi connectivity index (χ0) is 17.7. The first kappa shape index (κ1) is 21.0. The topological polar surface area (TPSA) is 55.5 Å². The molecular weight excluding hydrogens is 298 g/mol. The molecule has 3 nitrogen and oxygen atoms in total. The van der Waals surface area contributed by atoms with Crippen molar-refractivity contribution >= 4 is 0 Å². The normalized spacial score (nSPS) is 13.7. The van der Waals surface area contributed by atoms with Crippen molar-refractivity contribution in [3.8, 4) is 5.75 Å². The third kappa shape index (κ3) is 8.70. The zero-order valence-electron chi connectivity index (χ0n) is 15.7. The van der Waals surface area contributed by atoms with Crippen molar-refractivity contribution in [1.29, 1.82) is 0 Å². The monoisotopic (exact) mass is 335 g/mol. The third-order valence-corrected chi connectivity index (χ3v) is 4.66. The summed E-state index contributed by atoms with van der Waals surface area (Å²) >= 11 is 0. The number of rotatable bonds is 14. The molecule has 1 unspecified atom stereocenters. The SMILES string of the molecule is CCCCCCCCOc1ccc(CCC(N)(CO)CCC)cc1. The molecule has 138 valence electrons. The number of aryl methyl sites for hydroxylation is 1. The van der Waals surface area contributed by atoms with Gasteiger partial charge in [0, 0.05) is 5.54 Å². The van der Waals surface area contributed by atoms with Crippen LogP contribution in [0.2, 0.25) is 0 Å². The Balaban J connectivity index is 2.25. The summed E-state index contributed by atoms with van der Waals surface area (Å²) in [5.41, 5.74) is 7.04. The minimum atomic E-state index is -0.443. The van der Waals surface area contributed by atoms with Gasteiger partial charge in [-0.05, 0) is 43.4 Å². The first-order chi connectivity index (χ1) is 11.6. The van der Waals surface area contributed by atoms with Crippen molar-refractivity contribution in [3.63, 3.8) is 0 Å². The van der Waals surface area contributed by atoms with E-state index < -0.39 is 5.54 Å². The van der Waals surface area contributed by atoms with Crippen LogP contribution < -0.4 is 10.5 Å². The molecule has 24 heavy (non-hydrogen) atoms. The van der Waals surface area contributed by atoms with Gasteiger partial charge in [0.25, 0.3) is 0 Å². The van der Waals surface area contributed by atoms with Crippen molar-refractivity contribution in [3.05, 3.63) is 29.8 Å². The fraction of sp³-hybridized carbons (Fsp3) is 0.714. The van der Waals surface area contributed by atoms with E-state index in [9.17, 15) is 5.11 Å². The Morgan fingerprint density at radius 1 is 0.917 bits per heavy atom. The molecule has 3 heteroatoms. The quantitative estimate of drug-likeness (QED) is 0.478. The van der Waals surface area contributed by atoms with E-state index in [0.717, 1.165) is 44.5 Å². The number of hydrogen-bond donors (Lipinski definition) is 2. The molecule has 0 radical (unpaired) electrons. The summed E-state index contributed by atoms with van der Waals surface area (Å²) in [6, 6.07) is 8.31. The Bertz CT molecular complexity index is 418. The Morgan fingerprint density at radius 3 is 2.21 bits per heavy atom. The van der Waals surface area contributed by atoms with E-state index in [-0.39, 0.29) is 6.61 Å². The summed E-state index contributed by atoms with van der Waals surface area (Å²) in [4.78, 5) is 0. The summed E-state index contributed by atoms with van der Waals surface area (Å²) in [5.74, 6) is 0.946. The van der Waals surface area contributed by atoms with Crippen LogP contribution in [0.3, 0.4) is 0 Å². The maximum Gasteiger partial charge on any atom is 0.119 e. The predicted molar refractivity (Wildman–Crippen MR) is 103 cm³/mol. The summed E-state index contributed by atoms with van der Waals surface area (Å²) in [6.45, 7) is 5.21. The molecule has 0 aliphatic heterocycles. The molecule has 0 saturated carbocycles. The highest BCUT2D eigenvalue weighted by molar-refractivity contribution is 5.27. The molecule has 0 spiro atoms. The van der Waals surface area contributed by atoms with E-state index in [1.54, 1.807) is 0 Å². The first-order valence-electron chi connectivity index (χ1n) is 9.75. The lowest BCUT2D eigenvalue weighted by Crippen LogP contribution is -2.43. The second kappa shape index (κ2) is 12.3. The Kier molecular flexibility index (Phi) is 10.8. The number of unbranched alkanes of at least 4 members (excludes halogenated alkanes) is 5. The fourth-order valence-electron chi connectivity index (χ4n) is 3.00. The van der Waals surface area contributed by atoms with Crippen LogP contribution in [-0.2, 0) is 6.42 Å². The molecular formula is C21H37NO2. The van der Waals surface area contributed by atoms with Crippen LogP contribution in [0.5, 0.6) is 5.75 Å². The van der Waals surface area contributed by atoms with Crippen LogP contribution in [0.15, 0.2) is 24.3 Å². The molecule has 0 aliphatic rings. The molecule has 0 heterocycles. The Labute approximate surface area is 148 Å². The van der Waals surface area contributed by atoms with Crippen molar-refractivity contribution in [2.24, 2.45) is 5.73 Å². The summed E-state index contributed by atoms with van der Waals surface area (Å²) < 4.78 is 5.81. The molecule has 0 aromatic heterocycles. The van der Waals surface area contributed by atoms with Gasteiger partial charge in [-0.3, -0.25) is 0 Å². The van der Waals surface area contributed by atoms with E-state index in [1.165, 1.54) is 37.7 Å². The van der Waals surface area contributed by atoms with E-state index in [1.807, 2.05) is 12.1 Å². The molecule has 1 aromatic rings. The third-order valence-electron chi connectivity index (χ3n) is 4.66. The Hall–Kier alpha value is -1.06. The summed E-state index contributed by atoms with van der Waals surface area (Å²) in [5, 5.41) is 9.48. The van der Waals surface area contributed by atoms with Crippen LogP contribution in [0.4, 0.5) is 0 Å². The molecule has 0 amide bonds. The average molecular weight is 336 g/mol. The lowest BCUT2D eigenvalue weighted by Gasteiger charge is -2.26. The highest BCUT2D eigenvalue weighted by Gasteiger charge is 2.22. The average Bonchev–Trinajstić information content (AvgIpc) is 2.60. The first-order valence-corrected chi connectivity index (χ1v) is 9.75. The minimum absolute atomic E-state index is 0.0558. The highest BCUT2D eigenvalue weighted by atomic mass is 16.5. The van der Waals surface area contributed by atoms with Crippen LogP contribution in [0.1, 0.15) is 77.2 Å². The maximum atomic E-state index is 9.48. The van der Waals surface area contributed by atoms with E-state index >= 15 is 0 Å². The second-order valence-corrected chi connectivity index (χ2v) is 7.03. The van der Waals surface area contributed by atoms with E-state index in [4.69, 9.17) is 10.5 Å². The molecule has 0 bridgehead atoms. The molecule has 1 atom stereocenters. The second-order valence-electron chi connectivity index (χ2n) is 7.03. The zero-order valence-corrected chi connectivity index (χ0v) is 15.7. The van der Waals surface area contributed by atoms with Crippen molar-refractivity contribution in [1.82, 2.24) is 0 Å². The number of nitrogens with two attached hydrogens (primary N) is 1. The van der Waals surface area contributed by atoms with Crippen LogP contribution in [0, 0.1) is 0 Å². The van der Waals surface area contributed by atoms with Gasteiger partial charge >= 0.3 is 0 Å². The number of aliphatic hydroxyl groups excluding tert-OH is 1. The van der Waals surface area contributed by atoms with Crippen molar-refractivity contribution in [2.45, 2.75) is 83.6 Å². The van der Waals surface area contributed by atoms with Crippen molar-refractivity contribution in [2.75, 3.05) is 13.2 Å². The van der Waals surface area contributed by atoms with Gasteiger partial charge in [0.2, 0.25) is 0 Å². The van der Waals surface area contributed by atoms with E-state index in [0.29, 0.717) is 0 Å². The number of ether oxygens (including phenoxy) is 1. The molecule has 1 aromatic carbocycles. The lowest BCUT2D eigenvalue weighted by atomic mass is 9.89. The van der Waals surface area contributed by atoms with Gasteiger partial charge in [0.05, 0.1) is 13.2 Å². The maximum absolute atomic E-state index is 9.48. The molecule has 0 saturated heterocycles.